The van der Waals surface area contributed by atoms with Crippen LogP contribution in [0, 0.1) is 3.57 Å². The van der Waals surface area contributed by atoms with E-state index in [0.29, 0.717) is 6.61 Å². The van der Waals surface area contributed by atoms with Crippen molar-refractivity contribution in [1.29, 1.82) is 0 Å². The van der Waals surface area contributed by atoms with E-state index in [1.54, 1.807) is 6.08 Å². The molecule has 5 nitrogen and oxygen atoms in total. The molecule has 0 saturated carbocycles. The van der Waals surface area contributed by atoms with Crippen LogP contribution in [-0.4, -0.2) is 23.4 Å². The van der Waals surface area contributed by atoms with Crippen LogP contribution in [0.3, 0.4) is 0 Å². The van der Waals surface area contributed by atoms with Crippen LogP contribution in [0.2, 0.25) is 0 Å². The van der Waals surface area contributed by atoms with E-state index in [4.69, 9.17) is 4.74 Å². The van der Waals surface area contributed by atoms with Crippen LogP contribution in [0.25, 0.3) is 6.08 Å². The number of amides is 3. The molecule has 1 N–H and O–H groups in total. The van der Waals surface area contributed by atoms with Crippen LogP contribution in [0.1, 0.15) is 18.1 Å². The van der Waals surface area contributed by atoms with E-state index in [-0.39, 0.29) is 18.1 Å². The average Bonchev–Trinajstić information content (AvgIpc) is 2.87. The molecule has 0 atom stereocenters. The normalized spacial score (nSPS) is 15.5. The van der Waals surface area contributed by atoms with Gasteiger partial charge in [-0.3, -0.25) is 9.69 Å². The molecule has 0 aliphatic carbocycles. The molecular weight excluding hydrogens is 511 g/mol. The minimum Gasteiger partial charge on any atom is -0.493 e. The summed E-state index contributed by atoms with van der Waals surface area (Å²) in [5, 5.41) is 2.65. The zero-order valence-electron chi connectivity index (χ0n) is 14.0. The lowest BCUT2D eigenvalue weighted by atomic mass is 10.1. The fourth-order valence-electron chi connectivity index (χ4n) is 2.53. The Balaban J connectivity index is 1.78. The molecule has 3 amide bonds. The van der Waals surface area contributed by atoms with Gasteiger partial charge in [0.25, 0.3) is 5.91 Å². The van der Waals surface area contributed by atoms with E-state index in [0.717, 1.165) is 24.9 Å². The summed E-state index contributed by atoms with van der Waals surface area (Å²) in [5.74, 6) is 0.468. The minimum absolute atomic E-state index is 0.232. The van der Waals surface area contributed by atoms with Crippen LogP contribution in [0.15, 0.2) is 52.6 Å². The highest BCUT2D eigenvalue weighted by atomic mass is 127. The van der Waals surface area contributed by atoms with Gasteiger partial charge in [0.2, 0.25) is 0 Å². The van der Waals surface area contributed by atoms with Gasteiger partial charge < -0.3 is 10.1 Å². The molecule has 0 radical (unpaired) electrons. The molecule has 3 rings (SSSR count). The first kappa shape index (κ1) is 18.9. The lowest BCUT2D eigenvalue weighted by Crippen LogP contribution is -2.30. The van der Waals surface area contributed by atoms with Crippen LogP contribution >= 0.6 is 38.5 Å². The molecule has 0 aromatic heterocycles. The van der Waals surface area contributed by atoms with E-state index < -0.39 is 6.03 Å². The van der Waals surface area contributed by atoms with Crippen molar-refractivity contribution in [2.24, 2.45) is 0 Å². The number of benzene rings is 2. The number of carbonyl (C=O) groups excluding carboxylic acids is 2. The molecule has 0 spiro atoms. The van der Waals surface area contributed by atoms with Gasteiger partial charge in [0.15, 0.2) is 0 Å². The Kier molecular flexibility index (Phi) is 5.98. The van der Waals surface area contributed by atoms with Crippen LogP contribution < -0.4 is 10.1 Å². The lowest BCUT2D eigenvalue weighted by Gasteiger charge is -2.11. The molecule has 0 bridgehead atoms. The van der Waals surface area contributed by atoms with Crippen molar-refractivity contribution in [3.05, 3.63) is 67.3 Å². The lowest BCUT2D eigenvalue weighted by molar-refractivity contribution is -0.123. The van der Waals surface area contributed by atoms with E-state index in [2.05, 4.69) is 43.8 Å². The van der Waals surface area contributed by atoms with Crippen molar-refractivity contribution in [3.63, 3.8) is 0 Å². The highest BCUT2D eigenvalue weighted by molar-refractivity contribution is 14.1. The van der Waals surface area contributed by atoms with Gasteiger partial charge in [0.05, 0.1) is 16.7 Å². The van der Waals surface area contributed by atoms with Crippen LogP contribution in [-0.2, 0) is 11.3 Å². The standard InChI is InChI=1S/C19H16BrIN2O3/c1-2-26-17-8-5-13(9-15(17)21)10-16-18(24)23(19(25)22-16)11-12-3-6-14(20)7-4-12/h3-10H,2,11H2,1H3,(H,22,25)/b16-10+. The monoisotopic (exact) mass is 526 g/mol. The second-order valence-electron chi connectivity index (χ2n) is 5.63. The molecule has 1 saturated heterocycles. The molecule has 2 aromatic carbocycles. The number of urea groups is 1. The Labute approximate surface area is 173 Å². The predicted molar refractivity (Wildman–Crippen MR) is 112 cm³/mol. The van der Waals surface area contributed by atoms with Gasteiger partial charge in [-0.1, -0.05) is 34.1 Å². The minimum atomic E-state index is -0.412. The summed E-state index contributed by atoms with van der Waals surface area (Å²) in [4.78, 5) is 26.0. The van der Waals surface area contributed by atoms with Gasteiger partial charge in [-0.25, -0.2) is 4.79 Å². The Morgan fingerprint density at radius 2 is 1.92 bits per heavy atom. The number of hydrogen-bond donors (Lipinski definition) is 1. The van der Waals surface area contributed by atoms with E-state index in [1.807, 2.05) is 49.4 Å². The van der Waals surface area contributed by atoms with Gasteiger partial charge in [-0.05, 0) is 71.0 Å². The summed E-state index contributed by atoms with van der Waals surface area (Å²) in [7, 11) is 0. The Hall–Kier alpha value is -1.87. The molecule has 1 heterocycles. The molecule has 2 aromatic rings. The highest BCUT2D eigenvalue weighted by Crippen LogP contribution is 2.24. The maximum Gasteiger partial charge on any atom is 0.329 e. The van der Waals surface area contributed by atoms with Crippen molar-refractivity contribution in [2.45, 2.75) is 13.5 Å². The number of rotatable bonds is 5. The first-order valence-electron chi connectivity index (χ1n) is 7.99. The topological polar surface area (TPSA) is 58.6 Å². The molecule has 26 heavy (non-hydrogen) atoms. The number of nitrogens with zero attached hydrogens (tertiary/aromatic N) is 1. The summed E-state index contributed by atoms with van der Waals surface area (Å²) >= 11 is 5.56. The SMILES string of the molecule is CCOc1ccc(/C=C2/NC(=O)N(Cc3ccc(Br)cc3)C2=O)cc1I. The summed E-state index contributed by atoms with van der Waals surface area (Å²) in [6.45, 7) is 2.75. The third-order valence-corrected chi connectivity index (χ3v) is 5.15. The smallest absolute Gasteiger partial charge is 0.329 e. The third-order valence-electron chi connectivity index (χ3n) is 3.78. The average molecular weight is 527 g/mol. The van der Waals surface area contributed by atoms with Gasteiger partial charge in [0.1, 0.15) is 11.4 Å². The Bertz CT molecular complexity index is 881. The number of halogens is 2. The van der Waals surface area contributed by atoms with Gasteiger partial charge >= 0.3 is 6.03 Å². The number of nitrogens with one attached hydrogen (secondary N) is 1. The van der Waals surface area contributed by atoms with Crippen molar-refractivity contribution < 1.29 is 14.3 Å². The first-order valence-corrected chi connectivity index (χ1v) is 9.86. The fourth-order valence-corrected chi connectivity index (χ4v) is 3.49. The van der Waals surface area contributed by atoms with Gasteiger partial charge in [0, 0.05) is 4.47 Å². The van der Waals surface area contributed by atoms with Gasteiger partial charge in [-0.2, -0.15) is 0 Å². The number of ether oxygens (including phenoxy) is 1. The summed E-state index contributed by atoms with van der Waals surface area (Å²) in [6, 6.07) is 12.7. The molecular formula is C19H16BrIN2O3. The van der Waals surface area contributed by atoms with Crippen molar-refractivity contribution in [1.82, 2.24) is 10.2 Å². The van der Waals surface area contributed by atoms with Crippen LogP contribution in [0.4, 0.5) is 4.79 Å². The molecule has 0 unspecified atom stereocenters. The van der Waals surface area contributed by atoms with Crippen molar-refractivity contribution in [2.75, 3.05) is 6.61 Å². The van der Waals surface area contributed by atoms with Crippen molar-refractivity contribution >= 4 is 56.5 Å². The van der Waals surface area contributed by atoms with E-state index in [9.17, 15) is 9.59 Å². The maximum atomic E-state index is 12.6. The first-order chi connectivity index (χ1) is 12.5. The maximum absolute atomic E-state index is 12.6. The second kappa shape index (κ2) is 8.22. The predicted octanol–water partition coefficient (Wildman–Crippen LogP) is 4.55. The zero-order valence-corrected chi connectivity index (χ0v) is 17.7. The summed E-state index contributed by atoms with van der Waals surface area (Å²) in [6.07, 6.45) is 1.68. The Morgan fingerprint density at radius 1 is 1.19 bits per heavy atom. The Morgan fingerprint density at radius 3 is 2.58 bits per heavy atom. The van der Waals surface area contributed by atoms with E-state index >= 15 is 0 Å². The summed E-state index contributed by atoms with van der Waals surface area (Å²) < 4.78 is 7.41. The number of hydrogen-bond acceptors (Lipinski definition) is 3. The number of carbonyl (C=O) groups is 2. The summed E-state index contributed by atoms with van der Waals surface area (Å²) in [5.41, 5.74) is 1.98. The molecule has 1 fully saturated rings. The molecule has 1 aliphatic rings. The molecule has 134 valence electrons. The quantitative estimate of drug-likeness (QED) is 0.353. The third kappa shape index (κ3) is 4.27. The second-order valence-corrected chi connectivity index (χ2v) is 7.71. The van der Waals surface area contributed by atoms with Crippen LogP contribution in [0.5, 0.6) is 5.75 Å². The molecule has 1 aliphatic heterocycles. The number of imide groups is 1. The van der Waals surface area contributed by atoms with Crippen molar-refractivity contribution in [3.8, 4) is 5.75 Å². The molecule has 7 heteroatoms. The fraction of sp³-hybridized carbons (Fsp3) is 0.158. The highest BCUT2D eigenvalue weighted by Gasteiger charge is 2.33. The zero-order chi connectivity index (χ0) is 18.7. The largest absolute Gasteiger partial charge is 0.493 e. The van der Waals surface area contributed by atoms with E-state index in [1.165, 1.54) is 4.90 Å². The van der Waals surface area contributed by atoms with Gasteiger partial charge in [-0.15, -0.1) is 0 Å².